The Kier molecular flexibility index (Phi) is 9.74. The predicted octanol–water partition coefficient (Wildman–Crippen LogP) is 5.54. The number of hydrogen-bond acceptors (Lipinski definition) is 6. The van der Waals surface area contributed by atoms with E-state index in [0.29, 0.717) is 19.4 Å². The van der Waals surface area contributed by atoms with Crippen molar-refractivity contribution >= 4 is 29.1 Å². The van der Waals surface area contributed by atoms with Crippen molar-refractivity contribution < 1.29 is 28.2 Å². The van der Waals surface area contributed by atoms with Crippen LogP contribution in [0.25, 0.3) is 0 Å². The first kappa shape index (κ1) is 32.5. The lowest BCUT2D eigenvalue weighted by atomic mass is 9.64. The van der Waals surface area contributed by atoms with Gasteiger partial charge in [-0.3, -0.25) is 4.79 Å². The molecule has 0 unspecified atom stereocenters. The van der Waals surface area contributed by atoms with Crippen LogP contribution in [0.1, 0.15) is 75.8 Å². The summed E-state index contributed by atoms with van der Waals surface area (Å²) in [6.45, 7) is 4.29. The van der Waals surface area contributed by atoms with E-state index in [-0.39, 0.29) is 40.4 Å². The highest BCUT2D eigenvalue weighted by atomic mass is 35.5. The molecule has 2 aromatic carbocycles. The van der Waals surface area contributed by atoms with Crippen LogP contribution in [0, 0.1) is 17.0 Å². The number of nitrogens with two attached hydrogens (primary N) is 1. The molecule has 43 heavy (non-hydrogen) atoms. The Labute approximate surface area is 261 Å². The van der Waals surface area contributed by atoms with E-state index >= 15 is 8.78 Å². The zero-order valence-corrected chi connectivity index (χ0v) is 26.1. The van der Waals surface area contributed by atoms with Crippen molar-refractivity contribution in [3.05, 3.63) is 69.2 Å². The van der Waals surface area contributed by atoms with Crippen molar-refractivity contribution in [1.29, 1.82) is 0 Å². The Morgan fingerprint density at radius 2 is 1.91 bits per heavy atom. The normalized spacial score (nSPS) is 30.0. The van der Waals surface area contributed by atoms with Gasteiger partial charge >= 0.3 is 0 Å². The van der Waals surface area contributed by atoms with Gasteiger partial charge in [-0.2, -0.15) is 0 Å². The van der Waals surface area contributed by atoms with Crippen LogP contribution in [0.3, 0.4) is 0 Å². The van der Waals surface area contributed by atoms with Gasteiger partial charge in [0.15, 0.2) is 5.79 Å². The van der Waals surface area contributed by atoms with Crippen LogP contribution in [-0.2, 0) is 19.8 Å². The molecule has 1 amide bonds. The van der Waals surface area contributed by atoms with Gasteiger partial charge in [-0.25, -0.2) is 8.78 Å². The second kappa shape index (κ2) is 12.9. The van der Waals surface area contributed by atoms with Crippen molar-refractivity contribution in [2.45, 2.75) is 94.2 Å². The molecule has 2 aliphatic heterocycles. The summed E-state index contributed by atoms with van der Waals surface area (Å²) in [6, 6.07) is 7.05. The summed E-state index contributed by atoms with van der Waals surface area (Å²) in [7, 11) is 0. The van der Waals surface area contributed by atoms with Crippen molar-refractivity contribution in [2.24, 2.45) is 11.1 Å². The van der Waals surface area contributed by atoms with E-state index < -0.39 is 52.3 Å². The van der Waals surface area contributed by atoms with Gasteiger partial charge in [0.2, 0.25) is 5.91 Å². The molecule has 3 fully saturated rings. The molecule has 0 aromatic heterocycles. The first-order valence-corrected chi connectivity index (χ1v) is 15.8. The molecule has 11 heteroatoms. The third kappa shape index (κ3) is 6.59. The summed E-state index contributed by atoms with van der Waals surface area (Å²) in [5.41, 5.74) is 5.47. The van der Waals surface area contributed by atoms with Gasteiger partial charge in [-0.15, -0.1) is 0 Å². The number of ether oxygens (including phenoxy) is 2. The van der Waals surface area contributed by atoms with Gasteiger partial charge in [-0.05, 0) is 68.7 Å². The fourth-order valence-corrected chi connectivity index (χ4v) is 7.67. The molecule has 1 saturated carbocycles. The quantitative estimate of drug-likeness (QED) is 0.287. The van der Waals surface area contributed by atoms with E-state index in [1.54, 1.807) is 12.1 Å². The zero-order chi connectivity index (χ0) is 31.0. The second-order valence-electron chi connectivity index (χ2n) is 12.8. The first-order valence-electron chi connectivity index (χ1n) is 15.0. The third-order valence-electron chi connectivity index (χ3n) is 9.52. The maximum Gasteiger partial charge on any atom is 0.237 e. The molecule has 0 bridgehead atoms. The lowest BCUT2D eigenvalue weighted by Crippen LogP contribution is -2.53. The van der Waals surface area contributed by atoms with Crippen LogP contribution in [-0.4, -0.2) is 54.7 Å². The molecule has 1 aliphatic carbocycles. The Hall–Kier alpha value is -1.85. The number of aliphatic hydroxyl groups is 1. The van der Waals surface area contributed by atoms with Gasteiger partial charge in [0, 0.05) is 35.7 Å². The largest absolute Gasteiger partial charge is 0.396 e. The number of carbonyl (C=O) groups is 1. The molecule has 5 rings (SSSR count). The molecule has 0 spiro atoms. The van der Waals surface area contributed by atoms with Gasteiger partial charge < -0.3 is 30.9 Å². The third-order valence-corrected chi connectivity index (χ3v) is 10.0. The van der Waals surface area contributed by atoms with Crippen molar-refractivity contribution in [3.63, 3.8) is 0 Å². The topological polar surface area (TPSA) is 106 Å². The summed E-state index contributed by atoms with van der Waals surface area (Å²) in [4.78, 5) is 14.0. The summed E-state index contributed by atoms with van der Waals surface area (Å²) in [6.07, 6.45) is 5.19. The maximum absolute atomic E-state index is 15.8. The lowest BCUT2D eigenvalue weighted by Gasteiger charge is -2.43. The fourth-order valence-electron chi connectivity index (χ4n) is 7.32. The molecular formula is C32H41Cl2F2N3O4. The molecule has 2 heterocycles. The van der Waals surface area contributed by atoms with Gasteiger partial charge in [0.05, 0.1) is 29.3 Å². The molecular weight excluding hydrogens is 599 g/mol. The highest BCUT2D eigenvalue weighted by Gasteiger charge is 2.59. The summed E-state index contributed by atoms with van der Waals surface area (Å²) in [5, 5.41) is 17.0. The minimum Gasteiger partial charge on any atom is -0.396 e. The van der Waals surface area contributed by atoms with Gasteiger partial charge in [0.1, 0.15) is 11.6 Å². The second-order valence-corrected chi connectivity index (χ2v) is 13.7. The first-order chi connectivity index (χ1) is 20.4. The number of rotatable bonds is 9. The molecule has 2 aromatic rings. The van der Waals surface area contributed by atoms with Crippen LogP contribution in [0.5, 0.6) is 0 Å². The number of halogens is 4. The SMILES string of the molecule is CC1(C)OC[C@H](CCNC(=O)[C@@H]2N[C@@H](CC3(CO)CCCCC3)[C@](N)(c3ccc(Cl)cc3F)[C@H]2c2cccc(Cl)c2F)O1. The monoisotopic (exact) mass is 639 g/mol. The van der Waals surface area contributed by atoms with Gasteiger partial charge in [-0.1, -0.05) is 60.7 Å². The number of aliphatic hydroxyl groups excluding tert-OH is 1. The Morgan fingerprint density at radius 1 is 1.16 bits per heavy atom. The number of nitrogens with one attached hydrogen (secondary N) is 2. The predicted molar refractivity (Wildman–Crippen MR) is 162 cm³/mol. The number of carbonyl (C=O) groups excluding carboxylic acids is 1. The smallest absolute Gasteiger partial charge is 0.237 e. The van der Waals surface area contributed by atoms with E-state index in [2.05, 4.69) is 10.6 Å². The van der Waals surface area contributed by atoms with Crippen molar-refractivity contribution in [3.8, 4) is 0 Å². The minimum absolute atomic E-state index is 0.0722. The van der Waals surface area contributed by atoms with Crippen LogP contribution in [0.2, 0.25) is 10.0 Å². The highest BCUT2D eigenvalue weighted by Crippen LogP contribution is 2.52. The number of hydrogen-bond donors (Lipinski definition) is 4. The standard InChI is InChI=1S/C32H41Cl2F2N3O4/c1-30(2)42-17-20(43-30)11-14-38-29(41)28-26(21-7-6-8-23(34)27(21)36)32(37,22-10-9-19(33)15-24(22)35)25(39-28)16-31(18-40)12-4-3-5-13-31/h6-10,15,20,25-26,28,39-40H,3-5,11-14,16-18,37H2,1-2H3,(H,38,41)/t20-,25-,26-,28+,32+/m0/s1. The van der Waals surface area contributed by atoms with Gasteiger partial charge in [0.25, 0.3) is 0 Å². The minimum atomic E-state index is -1.60. The number of amides is 1. The summed E-state index contributed by atoms with van der Waals surface area (Å²) >= 11 is 12.4. The molecule has 5 N–H and O–H groups in total. The highest BCUT2D eigenvalue weighted by molar-refractivity contribution is 6.31. The molecule has 7 nitrogen and oxygen atoms in total. The van der Waals surface area contributed by atoms with Crippen molar-refractivity contribution in [1.82, 2.24) is 10.6 Å². The summed E-state index contributed by atoms with van der Waals surface area (Å²) < 4.78 is 43.2. The van der Waals surface area contributed by atoms with Crippen molar-refractivity contribution in [2.75, 3.05) is 19.8 Å². The molecule has 236 valence electrons. The average Bonchev–Trinajstić information content (AvgIpc) is 3.46. The Balaban J connectivity index is 1.55. The van der Waals surface area contributed by atoms with E-state index in [9.17, 15) is 9.90 Å². The molecule has 5 atom stereocenters. The van der Waals surface area contributed by atoms with E-state index in [1.165, 1.54) is 24.3 Å². The molecule has 3 aliphatic rings. The van der Waals surface area contributed by atoms with Crippen LogP contribution in [0.15, 0.2) is 36.4 Å². The van der Waals surface area contributed by atoms with Crippen LogP contribution >= 0.6 is 23.2 Å². The Morgan fingerprint density at radius 3 is 2.56 bits per heavy atom. The fraction of sp³-hybridized carbons (Fsp3) is 0.594. The molecule has 2 saturated heterocycles. The number of benzene rings is 2. The Bertz CT molecular complexity index is 1330. The zero-order valence-electron chi connectivity index (χ0n) is 24.6. The van der Waals surface area contributed by atoms with E-state index in [1.807, 2.05) is 13.8 Å². The summed E-state index contributed by atoms with van der Waals surface area (Å²) in [5.74, 6) is -3.51. The van der Waals surface area contributed by atoms with E-state index in [0.717, 1.165) is 32.1 Å². The van der Waals surface area contributed by atoms with E-state index in [4.69, 9.17) is 38.4 Å². The average molecular weight is 641 g/mol. The maximum atomic E-state index is 15.8. The lowest BCUT2D eigenvalue weighted by molar-refractivity contribution is -0.138. The van der Waals surface area contributed by atoms with Crippen LogP contribution in [0.4, 0.5) is 8.78 Å². The molecule has 0 radical (unpaired) electrons. The van der Waals surface area contributed by atoms with Crippen LogP contribution < -0.4 is 16.4 Å².